The van der Waals surface area contributed by atoms with Crippen molar-refractivity contribution in [2.45, 2.75) is 31.4 Å². The molecule has 0 saturated heterocycles. The zero-order valence-electron chi connectivity index (χ0n) is 9.43. The number of oxime groups is 1. The van der Waals surface area contributed by atoms with Crippen molar-refractivity contribution >= 4 is 11.6 Å². The lowest BCUT2D eigenvalue weighted by Gasteiger charge is -2.07. The number of benzene rings is 1. The topological polar surface area (TPSA) is 50.7 Å². The zero-order valence-corrected chi connectivity index (χ0v) is 9.43. The molecule has 1 atom stereocenters. The number of carbonyl (C=O) groups is 1. The molecule has 0 radical (unpaired) electrons. The van der Waals surface area contributed by atoms with E-state index in [0.29, 0.717) is 12.5 Å². The highest BCUT2D eigenvalue weighted by molar-refractivity contribution is 6.04. The molecule has 1 aliphatic heterocycles. The number of nitrogens with zero attached hydrogens (tertiary/aromatic N) is 1. The molecular formula is C13H14N2O2. The molecule has 0 aromatic heterocycles. The summed E-state index contributed by atoms with van der Waals surface area (Å²) >= 11 is 0. The summed E-state index contributed by atoms with van der Waals surface area (Å²) in [5.41, 5.74) is 1.87. The van der Waals surface area contributed by atoms with Crippen LogP contribution in [0.15, 0.2) is 35.5 Å². The molecule has 88 valence electrons. The Balaban J connectivity index is 1.62. The second-order valence-corrected chi connectivity index (χ2v) is 4.49. The summed E-state index contributed by atoms with van der Waals surface area (Å²) in [5.74, 6) is -0.0396. The fourth-order valence-electron chi connectivity index (χ4n) is 1.84. The molecule has 1 aromatic rings. The van der Waals surface area contributed by atoms with Gasteiger partial charge in [0.2, 0.25) is 6.10 Å². The van der Waals surface area contributed by atoms with Crippen molar-refractivity contribution in [2.75, 3.05) is 0 Å². The maximum absolute atomic E-state index is 11.8. The summed E-state index contributed by atoms with van der Waals surface area (Å²) in [5, 5.41) is 6.92. The van der Waals surface area contributed by atoms with Gasteiger partial charge in [0.1, 0.15) is 0 Å². The first-order valence-electron chi connectivity index (χ1n) is 5.91. The van der Waals surface area contributed by atoms with Crippen molar-refractivity contribution in [1.82, 2.24) is 5.32 Å². The minimum Gasteiger partial charge on any atom is -0.382 e. The molecule has 1 heterocycles. The number of nitrogens with one attached hydrogen (secondary N) is 1. The lowest BCUT2D eigenvalue weighted by atomic mass is 10.0. The van der Waals surface area contributed by atoms with Crippen LogP contribution in [0.1, 0.15) is 24.8 Å². The predicted molar refractivity (Wildman–Crippen MR) is 63.6 cm³/mol. The summed E-state index contributed by atoms with van der Waals surface area (Å²) in [6.45, 7) is 0. The van der Waals surface area contributed by atoms with Crippen LogP contribution in [-0.4, -0.2) is 23.8 Å². The Hall–Kier alpha value is -1.84. The molecule has 1 fully saturated rings. The Morgan fingerprint density at radius 3 is 2.76 bits per heavy atom. The van der Waals surface area contributed by atoms with Crippen LogP contribution in [0.2, 0.25) is 0 Å². The van der Waals surface area contributed by atoms with Gasteiger partial charge >= 0.3 is 0 Å². The van der Waals surface area contributed by atoms with Crippen LogP contribution in [0, 0.1) is 0 Å². The first kappa shape index (κ1) is 10.3. The highest BCUT2D eigenvalue weighted by atomic mass is 16.6. The van der Waals surface area contributed by atoms with Gasteiger partial charge in [-0.25, -0.2) is 0 Å². The first-order valence-corrected chi connectivity index (χ1v) is 5.91. The summed E-state index contributed by atoms with van der Waals surface area (Å²) < 4.78 is 0. The fourth-order valence-corrected chi connectivity index (χ4v) is 1.84. The zero-order chi connectivity index (χ0) is 11.7. The van der Waals surface area contributed by atoms with Crippen molar-refractivity contribution in [3.05, 3.63) is 35.9 Å². The Morgan fingerprint density at radius 2 is 2.06 bits per heavy atom. The maximum Gasteiger partial charge on any atom is 0.264 e. The third-order valence-corrected chi connectivity index (χ3v) is 2.99. The molecule has 4 nitrogen and oxygen atoms in total. The van der Waals surface area contributed by atoms with E-state index in [4.69, 9.17) is 4.84 Å². The van der Waals surface area contributed by atoms with Crippen molar-refractivity contribution in [3.63, 3.8) is 0 Å². The molecule has 2 aliphatic rings. The van der Waals surface area contributed by atoms with Gasteiger partial charge in [-0.05, 0) is 18.4 Å². The second-order valence-electron chi connectivity index (χ2n) is 4.49. The average Bonchev–Trinajstić information content (AvgIpc) is 3.04. The largest absolute Gasteiger partial charge is 0.382 e. The van der Waals surface area contributed by atoms with Crippen molar-refractivity contribution in [1.29, 1.82) is 0 Å². The molecule has 1 N–H and O–H groups in total. The Morgan fingerprint density at radius 1 is 1.29 bits per heavy atom. The van der Waals surface area contributed by atoms with E-state index >= 15 is 0 Å². The molecule has 0 bridgehead atoms. The van der Waals surface area contributed by atoms with Gasteiger partial charge < -0.3 is 10.2 Å². The number of carbonyl (C=O) groups excluding carboxylic acids is 1. The van der Waals surface area contributed by atoms with Gasteiger partial charge in [-0.2, -0.15) is 0 Å². The molecule has 1 aliphatic carbocycles. The second kappa shape index (κ2) is 4.20. The van der Waals surface area contributed by atoms with E-state index in [1.54, 1.807) is 0 Å². The minimum absolute atomic E-state index is 0.0396. The summed E-state index contributed by atoms with van der Waals surface area (Å²) in [6.07, 6.45) is 2.28. The van der Waals surface area contributed by atoms with Crippen molar-refractivity contribution in [3.8, 4) is 0 Å². The van der Waals surface area contributed by atoms with Crippen LogP contribution < -0.4 is 5.32 Å². The van der Waals surface area contributed by atoms with E-state index in [1.165, 1.54) is 0 Å². The predicted octanol–water partition coefficient (Wildman–Crippen LogP) is 1.46. The molecule has 0 unspecified atom stereocenters. The standard InChI is InChI=1S/C13H14N2O2/c16-13(14-10-6-7-10)12-8-11(15-17-12)9-4-2-1-3-5-9/h1-5,10,12H,6-8H2,(H,14,16)/t12-/m0/s1. The number of amides is 1. The molecule has 1 aromatic carbocycles. The van der Waals surface area contributed by atoms with Gasteiger partial charge in [0, 0.05) is 12.5 Å². The van der Waals surface area contributed by atoms with Crippen LogP contribution in [-0.2, 0) is 9.63 Å². The van der Waals surface area contributed by atoms with Crippen molar-refractivity contribution < 1.29 is 9.63 Å². The molecule has 17 heavy (non-hydrogen) atoms. The van der Waals surface area contributed by atoms with E-state index in [1.807, 2.05) is 30.3 Å². The van der Waals surface area contributed by atoms with Gasteiger partial charge in [0.25, 0.3) is 5.91 Å². The minimum atomic E-state index is -0.453. The van der Waals surface area contributed by atoms with E-state index in [-0.39, 0.29) is 5.91 Å². The third kappa shape index (κ3) is 2.30. The summed E-state index contributed by atoms with van der Waals surface area (Å²) in [6, 6.07) is 10.2. The highest BCUT2D eigenvalue weighted by Crippen LogP contribution is 2.21. The molecular weight excluding hydrogens is 216 g/mol. The number of hydrogen-bond donors (Lipinski definition) is 1. The Labute approximate surface area is 99.6 Å². The van der Waals surface area contributed by atoms with Crippen LogP contribution in [0.5, 0.6) is 0 Å². The van der Waals surface area contributed by atoms with E-state index in [9.17, 15) is 4.79 Å². The van der Waals surface area contributed by atoms with Crippen LogP contribution in [0.4, 0.5) is 0 Å². The third-order valence-electron chi connectivity index (χ3n) is 2.99. The Bertz CT molecular complexity index is 452. The van der Waals surface area contributed by atoms with E-state index in [2.05, 4.69) is 10.5 Å². The quantitative estimate of drug-likeness (QED) is 0.854. The lowest BCUT2D eigenvalue weighted by molar-refractivity contribution is -0.131. The summed E-state index contributed by atoms with van der Waals surface area (Å²) in [4.78, 5) is 16.9. The molecule has 4 heteroatoms. The normalized spacial score (nSPS) is 22.8. The van der Waals surface area contributed by atoms with Gasteiger partial charge in [-0.15, -0.1) is 0 Å². The SMILES string of the molecule is O=C(NC1CC1)[C@@H]1CC(c2ccccc2)=NO1. The van der Waals surface area contributed by atoms with Crippen molar-refractivity contribution in [2.24, 2.45) is 5.16 Å². The highest BCUT2D eigenvalue weighted by Gasteiger charge is 2.32. The molecule has 1 amide bonds. The van der Waals surface area contributed by atoms with Gasteiger partial charge in [-0.1, -0.05) is 35.5 Å². The molecule has 1 saturated carbocycles. The molecule has 3 rings (SSSR count). The van der Waals surface area contributed by atoms with Gasteiger partial charge in [0.15, 0.2) is 0 Å². The van der Waals surface area contributed by atoms with Crippen LogP contribution >= 0.6 is 0 Å². The number of rotatable bonds is 3. The number of hydrogen-bond acceptors (Lipinski definition) is 3. The van der Waals surface area contributed by atoms with E-state index < -0.39 is 6.10 Å². The molecule has 0 spiro atoms. The average molecular weight is 230 g/mol. The van der Waals surface area contributed by atoms with E-state index in [0.717, 1.165) is 24.1 Å². The first-order chi connectivity index (χ1) is 8.33. The fraction of sp³-hybridized carbons (Fsp3) is 0.385. The van der Waals surface area contributed by atoms with Crippen LogP contribution in [0.3, 0.4) is 0 Å². The maximum atomic E-state index is 11.8. The van der Waals surface area contributed by atoms with Gasteiger partial charge in [-0.3, -0.25) is 4.79 Å². The van der Waals surface area contributed by atoms with Crippen LogP contribution in [0.25, 0.3) is 0 Å². The van der Waals surface area contributed by atoms with Gasteiger partial charge in [0.05, 0.1) is 5.71 Å². The Kier molecular flexibility index (Phi) is 2.55. The smallest absolute Gasteiger partial charge is 0.264 e. The summed E-state index contributed by atoms with van der Waals surface area (Å²) in [7, 11) is 0. The monoisotopic (exact) mass is 230 g/mol. The lowest BCUT2D eigenvalue weighted by Crippen LogP contribution is -2.36.